The standard InChI is InChI=1S/C23H29FN4O3/c1-25-23(27-12-10-16-14-28-19-13-17(24)6-7-18(16)19)26-11-9-15-5-8-20(29-2)22(31-4)21(15)30-3/h5-8,13-14,28H,9-12H2,1-4H3,(H2,25,26,27). The summed E-state index contributed by atoms with van der Waals surface area (Å²) in [5, 5.41) is 7.66. The second-order valence-electron chi connectivity index (χ2n) is 6.92. The second kappa shape index (κ2) is 10.6. The van der Waals surface area contributed by atoms with Gasteiger partial charge in [-0.25, -0.2) is 4.39 Å². The monoisotopic (exact) mass is 428 g/mol. The van der Waals surface area contributed by atoms with E-state index in [2.05, 4.69) is 20.6 Å². The summed E-state index contributed by atoms with van der Waals surface area (Å²) in [7, 11) is 6.55. The maximum absolute atomic E-state index is 13.3. The van der Waals surface area contributed by atoms with Gasteiger partial charge in [0.05, 0.1) is 21.3 Å². The molecule has 0 aliphatic heterocycles. The topological polar surface area (TPSA) is 79.9 Å². The first-order valence-corrected chi connectivity index (χ1v) is 10.1. The van der Waals surface area contributed by atoms with Crippen LogP contribution in [0.5, 0.6) is 17.2 Å². The summed E-state index contributed by atoms with van der Waals surface area (Å²) in [6.07, 6.45) is 3.43. The highest BCUT2D eigenvalue weighted by Gasteiger charge is 2.15. The molecule has 3 rings (SSSR count). The number of ether oxygens (including phenoxy) is 3. The molecule has 1 aromatic heterocycles. The van der Waals surface area contributed by atoms with E-state index in [-0.39, 0.29) is 5.82 Å². The number of H-pyrrole nitrogens is 1. The minimum atomic E-state index is -0.241. The first-order chi connectivity index (χ1) is 15.1. The van der Waals surface area contributed by atoms with E-state index in [9.17, 15) is 4.39 Å². The molecule has 0 aliphatic rings. The van der Waals surface area contributed by atoms with Crippen LogP contribution >= 0.6 is 0 Å². The third-order valence-corrected chi connectivity index (χ3v) is 5.11. The first-order valence-electron chi connectivity index (χ1n) is 10.1. The molecule has 0 radical (unpaired) electrons. The molecule has 0 atom stereocenters. The summed E-state index contributed by atoms with van der Waals surface area (Å²) < 4.78 is 29.7. The van der Waals surface area contributed by atoms with E-state index in [1.54, 1.807) is 34.4 Å². The Balaban J connectivity index is 1.53. The van der Waals surface area contributed by atoms with Crippen LogP contribution in [0, 0.1) is 5.82 Å². The van der Waals surface area contributed by atoms with Gasteiger partial charge >= 0.3 is 0 Å². The van der Waals surface area contributed by atoms with Crippen LogP contribution in [0.15, 0.2) is 41.5 Å². The number of halogens is 1. The van der Waals surface area contributed by atoms with Crippen molar-refractivity contribution < 1.29 is 18.6 Å². The number of aromatic amines is 1. The number of fused-ring (bicyclic) bond motifs is 1. The summed E-state index contributed by atoms with van der Waals surface area (Å²) in [6, 6.07) is 8.64. The number of aliphatic imine (C=N–C) groups is 1. The van der Waals surface area contributed by atoms with Gasteiger partial charge in [0, 0.05) is 42.8 Å². The second-order valence-corrected chi connectivity index (χ2v) is 6.92. The Hall–Kier alpha value is -3.42. The van der Waals surface area contributed by atoms with E-state index in [1.165, 1.54) is 12.1 Å². The van der Waals surface area contributed by atoms with E-state index in [4.69, 9.17) is 14.2 Å². The summed E-state index contributed by atoms with van der Waals surface area (Å²) in [5.41, 5.74) is 2.95. The molecule has 0 saturated heterocycles. The number of rotatable bonds is 9. The summed E-state index contributed by atoms with van der Waals surface area (Å²) in [5.74, 6) is 2.36. The molecule has 0 bridgehead atoms. The number of nitrogens with one attached hydrogen (secondary N) is 3. The van der Waals surface area contributed by atoms with Gasteiger partial charge in [0.25, 0.3) is 0 Å². The van der Waals surface area contributed by atoms with Gasteiger partial charge in [-0.2, -0.15) is 0 Å². The summed E-state index contributed by atoms with van der Waals surface area (Å²) in [6.45, 7) is 1.36. The first kappa shape index (κ1) is 22.3. The minimum absolute atomic E-state index is 0.241. The average molecular weight is 429 g/mol. The Morgan fingerprint density at radius 3 is 2.29 bits per heavy atom. The molecule has 0 amide bonds. The number of hydrogen-bond donors (Lipinski definition) is 3. The highest BCUT2D eigenvalue weighted by Crippen LogP contribution is 2.39. The van der Waals surface area contributed by atoms with Crippen LogP contribution < -0.4 is 24.8 Å². The van der Waals surface area contributed by atoms with E-state index in [1.807, 2.05) is 18.3 Å². The number of benzene rings is 2. The minimum Gasteiger partial charge on any atom is -0.493 e. The molecule has 0 spiro atoms. The Labute approximate surface area is 181 Å². The van der Waals surface area contributed by atoms with Crippen molar-refractivity contribution in [1.29, 1.82) is 0 Å². The zero-order valence-corrected chi connectivity index (χ0v) is 18.3. The predicted molar refractivity (Wildman–Crippen MR) is 121 cm³/mol. The number of guanidine groups is 1. The zero-order chi connectivity index (χ0) is 22.2. The molecule has 0 saturated carbocycles. The van der Waals surface area contributed by atoms with Crippen LogP contribution in [0.1, 0.15) is 11.1 Å². The lowest BCUT2D eigenvalue weighted by Gasteiger charge is -2.16. The van der Waals surface area contributed by atoms with Crippen LogP contribution in [0.2, 0.25) is 0 Å². The molecule has 8 heteroatoms. The molecule has 1 heterocycles. The van der Waals surface area contributed by atoms with E-state index in [0.717, 1.165) is 34.9 Å². The molecular formula is C23H29FN4O3. The smallest absolute Gasteiger partial charge is 0.203 e. The lowest BCUT2D eigenvalue weighted by molar-refractivity contribution is 0.322. The van der Waals surface area contributed by atoms with E-state index in [0.29, 0.717) is 36.3 Å². The number of nitrogens with zero attached hydrogens (tertiary/aromatic N) is 1. The molecule has 7 nitrogen and oxygen atoms in total. The molecule has 166 valence electrons. The van der Waals surface area contributed by atoms with Gasteiger partial charge in [0.15, 0.2) is 17.5 Å². The molecule has 31 heavy (non-hydrogen) atoms. The average Bonchev–Trinajstić information content (AvgIpc) is 3.19. The van der Waals surface area contributed by atoms with E-state index < -0.39 is 0 Å². The lowest BCUT2D eigenvalue weighted by Crippen LogP contribution is -2.39. The highest BCUT2D eigenvalue weighted by molar-refractivity contribution is 5.83. The molecule has 3 N–H and O–H groups in total. The fourth-order valence-electron chi connectivity index (χ4n) is 3.58. The molecule has 0 aliphatic carbocycles. The number of methoxy groups -OCH3 is 3. The van der Waals surface area contributed by atoms with Crippen molar-refractivity contribution >= 4 is 16.9 Å². The third-order valence-electron chi connectivity index (χ3n) is 5.11. The lowest BCUT2D eigenvalue weighted by atomic mass is 10.1. The summed E-state index contributed by atoms with van der Waals surface area (Å²) in [4.78, 5) is 7.39. The van der Waals surface area contributed by atoms with Crippen molar-refractivity contribution in [1.82, 2.24) is 15.6 Å². The molecule has 0 fully saturated rings. The van der Waals surface area contributed by atoms with Gasteiger partial charge in [0.1, 0.15) is 5.82 Å². The maximum atomic E-state index is 13.3. The predicted octanol–water partition coefficient (Wildman–Crippen LogP) is 3.28. The van der Waals surface area contributed by atoms with Gasteiger partial charge in [-0.15, -0.1) is 0 Å². The molecule has 2 aromatic carbocycles. The van der Waals surface area contributed by atoms with Gasteiger partial charge in [-0.1, -0.05) is 6.07 Å². The van der Waals surface area contributed by atoms with E-state index >= 15 is 0 Å². The number of aromatic nitrogens is 1. The van der Waals surface area contributed by atoms with Crippen LogP contribution in [0.4, 0.5) is 4.39 Å². The number of hydrogen-bond acceptors (Lipinski definition) is 4. The van der Waals surface area contributed by atoms with Crippen molar-refractivity contribution in [3.63, 3.8) is 0 Å². The van der Waals surface area contributed by atoms with Crippen molar-refractivity contribution in [2.24, 2.45) is 4.99 Å². The quantitative estimate of drug-likeness (QED) is 0.360. The zero-order valence-electron chi connectivity index (χ0n) is 18.3. The molecule has 0 unspecified atom stereocenters. The van der Waals surface area contributed by atoms with Crippen molar-refractivity contribution in [3.05, 3.63) is 53.5 Å². The SMILES string of the molecule is CN=C(NCCc1ccc(OC)c(OC)c1OC)NCCc1c[nH]c2cc(F)ccc12. The normalized spacial score (nSPS) is 11.5. The molecule has 3 aromatic rings. The molecular weight excluding hydrogens is 399 g/mol. The van der Waals surface area contributed by atoms with Crippen LogP contribution in [-0.4, -0.2) is 52.4 Å². The summed E-state index contributed by atoms with van der Waals surface area (Å²) >= 11 is 0. The van der Waals surface area contributed by atoms with Crippen LogP contribution in [-0.2, 0) is 12.8 Å². The Kier molecular flexibility index (Phi) is 7.59. The Bertz CT molecular complexity index is 1050. The largest absolute Gasteiger partial charge is 0.493 e. The van der Waals surface area contributed by atoms with Crippen molar-refractivity contribution in [2.75, 3.05) is 41.5 Å². The van der Waals surface area contributed by atoms with Crippen molar-refractivity contribution in [2.45, 2.75) is 12.8 Å². The highest BCUT2D eigenvalue weighted by atomic mass is 19.1. The Morgan fingerprint density at radius 1 is 0.935 bits per heavy atom. The fourth-order valence-corrected chi connectivity index (χ4v) is 3.58. The van der Waals surface area contributed by atoms with Crippen LogP contribution in [0.25, 0.3) is 10.9 Å². The third kappa shape index (κ3) is 5.20. The maximum Gasteiger partial charge on any atom is 0.203 e. The van der Waals surface area contributed by atoms with Gasteiger partial charge < -0.3 is 29.8 Å². The van der Waals surface area contributed by atoms with Gasteiger partial charge in [0.2, 0.25) is 5.75 Å². The van der Waals surface area contributed by atoms with Crippen molar-refractivity contribution in [3.8, 4) is 17.2 Å². The Morgan fingerprint density at radius 2 is 1.65 bits per heavy atom. The van der Waals surface area contributed by atoms with Crippen LogP contribution in [0.3, 0.4) is 0 Å². The fraction of sp³-hybridized carbons (Fsp3) is 0.348. The van der Waals surface area contributed by atoms with Gasteiger partial charge in [-0.05, 0) is 42.7 Å². The van der Waals surface area contributed by atoms with Gasteiger partial charge in [-0.3, -0.25) is 4.99 Å².